The fourth-order valence-electron chi connectivity index (χ4n) is 2.71. The third-order valence-corrected chi connectivity index (χ3v) is 5.58. The topological polar surface area (TPSA) is 109 Å². The first-order valence-electron chi connectivity index (χ1n) is 9.93. The van der Waals surface area contributed by atoms with E-state index in [2.05, 4.69) is 41.8 Å². The average molecular weight is 609 g/mol. The summed E-state index contributed by atoms with van der Waals surface area (Å²) in [5.41, 5.74) is 2.12. The van der Waals surface area contributed by atoms with Gasteiger partial charge in [0.25, 0.3) is 0 Å². The fourth-order valence-corrected chi connectivity index (χ4v) is 4.19. The van der Waals surface area contributed by atoms with Crippen LogP contribution in [0.15, 0.2) is 33.2 Å². The Bertz CT molecular complexity index is 1100. The van der Waals surface area contributed by atoms with E-state index in [9.17, 15) is 4.79 Å². The maximum Gasteiger partial charge on any atom is 0.514 e. The van der Waals surface area contributed by atoms with Gasteiger partial charge in [-0.15, -0.1) is 0 Å². The molecule has 0 radical (unpaired) electrons. The maximum absolute atomic E-state index is 12.2. The molecule has 0 unspecified atom stereocenters. The summed E-state index contributed by atoms with van der Waals surface area (Å²) in [6, 6.07) is 6.88. The first-order chi connectivity index (χ1) is 16.0. The zero-order valence-electron chi connectivity index (χ0n) is 17.4. The smallest absolute Gasteiger partial charge is 0.432 e. The van der Waals surface area contributed by atoms with Gasteiger partial charge in [-0.05, 0) is 56.1 Å². The second-order valence-electron chi connectivity index (χ2n) is 6.48. The van der Waals surface area contributed by atoms with Gasteiger partial charge in [0.15, 0.2) is 5.75 Å². The molecule has 3 rings (SSSR count). The van der Waals surface area contributed by atoms with Crippen molar-refractivity contribution in [2.75, 3.05) is 52.9 Å². The van der Waals surface area contributed by atoms with E-state index in [0.29, 0.717) is 62.5 Å². The van der Waals surface area contributed by atoms with Gasteiger partial charge in [0.1, 0.15) is 17.6 Å². The molecule has 0 fully saturated rings. The standard InChI is InChI=1S/C21H21Br2ClN2O7/c22-14-12-15(23)20(19-18(14)26-17-11-13(24)1-2-16(17)25-19)33-21(28)32-10-9-31-8-7-30-6-5-29-4-3-27/h1-2,11-12,27H,3-10H2. The molecule has 1 aromatic heterocycles. The van der Waals surface area contributed by atoms with Crippen LogP contribution in [0.1, 0.15) is 0 Å². The summed E-state index contributed by atoms with van der Waals surface area (Å²) in [6.07, 6.45) is -0.891. The molecule has 0 aliphatic heterocycles. The number of ether oxygens (including phenoxy) is 5. The summed E-state index contributed by atoms with van der Waals surface area (Å²) in [4.78, 5) is 21.4. The second kappa shape index (κ2) is 13.3. The predicted octanol–water partition coefficient (Wildman–Crippen LogP) is 4.52. The Morgan fingerprint density at radius 2 is 1.48 bits per heavy atom. The molecule has 0 bridgehead atoms. The minimum absolute atomic E-state index is 0.0115. The van der Waals surface area contributed by atoms with E-state index in [1.54, 1.807) is 24.3 Å². The van der Waals surface area contributed by atoms with Gasteiger partial charge < -0.3 is 28.8 Å². The number of nitrogens with zero attached hydrogens (tertiary/aromatic N) is 2. The Balaban J connectivity index is 1.51. The number of hydrogen-bond donors (Lipinski definition) is 1. The Labute approximate surface area is 211 Å². The Morgan fingerprint density at radius 3 is 2.18 bits per heavy atom. The van der Waals surface area contributed by atoms with Gasteiger partial charge in [0.05, 0.1) is 61.8 Å². The molecule has 12 heteroatoms. The van der Waals surface area contributed by atoms with Crippen molar-refractivity contribution < 1.29 is 33.6 Å². The highest BCUT2D eigenvalue weighted by molar-refractivity contribution is 9.11. The van der Waals surface area contributed by atoms with Crippen molar-refractivity contribution in [2.45, 2.75) is 0 Å². The number of aliphatic hydroxyl groups excluding tert-OH is 1. The number of aromatic nitrogens is 2. The fraction of sp³-hybridized carbons (Fsp3) is 0.381. The quantitative estimate of drug-likeness (QED) is 0.137. The summed E-state index contributed by atoms with van der Waals surface area (Å²) in [7, 11) is 0. The molecule has 1 heterocycles. The molecule has 9 nitrogen and oxygen atoms in total. The van der Waals surface area contributed by atoms with E-state index in [4.69, 9.17) is 40.4 Å². The van der Waals surface area contributed by atoms with Crippen molar-refractivity contribution in [1.29, 1.82) is 0 Å². The molecule has 2 aromatic carbocycles. The number of rotatable bonds is 12. The summed E-state index contributed by atoms with van der Waals surface area (Å²) >= 11 is 12.9. The zero-order valence-corrected chi connectivity index (χ0v) is 21.3. The van der Waals surface area contributed by atoms with Crippen molar-refractivity contribution in [3.05, 3.63) is 38.2 Å². The number of carbonyl (C=O) groups is 1. The monoisotopic (exact) mass is 606 g/mol. The number of carbonyl (C=O) groups excluding carboxylic acids is 1. The van der Waals surface area contributed by atoms with Gasteiger partial charge in [-0.25, -0.2) is 14.8 Å². The van der Waals surface area contributed by atoms with Gasteiger partial charge in [-0.1, -0.05) is 11.6 Å². The van der Waals surface area contributed by atoms with E-state index in [0.717, 1.165) is 0 Å². The number of aliphatic hydroxyl groups is 1. The lowest BCUT2D eigenvalue weighted by molar-refractivity contribution is -0.00184. The molecule has 0 aliphatic carbocycles. The van der Waals surface area contributed by atoms with E-state index in [-0.39, 0.29) is 32.2 Å². The van der Waals surface area contributed by atoms with Crippen LogP contribution in [-0.2, 0) is 18.9 Å². The largest absolute Gasteiger partial charge is 0.514 e. The van der Waals surface area contributed by atoms with Crippen LogP contribution in [0.5, 0.6) is 5.75 Å². The van der Waals surface area contributed by atoms with E-state index < -0.39 is 6.16 Å². The van der Waals surface area contributed by atoms with E-state index in [1.165, 1.54) is 0 Å². The zero-order chi connectivity index (χ0) is 23.6. The Morgan fingerprint density at radius 1 is 0.848 bits per heavy atom. The number of fused-ring (bicyclic) bond motifs is 2. The van der Waals surface area contributed by atoms with Crippen molar-refractivity contribution in [1.82, 2.24) is 9.97 Å². The van der Waals surface area contributed by atoms with E-state index in [1.807, 2.05) is 0 Å². The number of halogens is 3. The highest BCUT2D eigenvalue weighted by atomic mass is 79.9. The number of hydrogen-bond acceptors (Lipinski definition) is 9. The summed E-state index contributed by atoms with van der Waals surface area (Å²) < 4.78 is 27.4. The second-order valence-corrected chi connectivity index (χ2v) is 8.63. The third-order valence-electron chi connectivity index (χ3n) is 4.15. The van der Waals surface area contributed by atoms with Gasteiger partial charge in [0, 0.05) is 9.50 Å². The minimum Gasteiger partial charge on any atom is -0.432 e. The van der Waals surface area contributed by atoms with Crippen LogP contribution in [0.2, 0.25) is 5.02 Å². The average Bonchev–Trinajstić information content (AvgIpc) is 2.79. The van der Waals surface area contributed by atoms with Crippen molar-refractivity contribution in [3.8, 4) is 5.75 Å². The van der Waals surface area contributed by atoms with Crippen LogP contribution in [0.4, 0.5) is 4.79 Å². The van der Waals surface area contributed by atoms with Gasteiger partial charge in [-0.2, -0.15) is 0 Å². The SMILES string of the molecule is O=C(OCCOCCOCCOCCO)Oc1c(Br)cc(Br)c2nc3cc(Cl)ccc3nc12. The highest BCUT2D eigenvalue weighted by Crippen LogP contribution is 2.38. The first-order valence-corrected chi connectivity index (χ1v) is 11.9. The summed E-state index contributed by atoms with van der Waals surface area (Å²) in [5, 5.41) is 9.13. The lowest BCUT2D eigenvalue weighted by Gasteiger charge is -2.12. The molecule has 0 atom stereocenters. The Hall–Kier alpha value is -1.60. The van der Waals surface area contributed by atoms with Crippen LogP contribution in [0, 0.1) is 0 Å². The predicted molar refractivity (Wildman–Crippen MR) is 129 cm³/mol. The van der Waals surface area contributed by atoms with Gasteiger partial charge in [-0.3, -0.25) is 0 Å². The lowest BCUT2D eigenvalue weighted by atomic mass is 10.2. The van der Waals surface area contributed by atoms with Crippen LogP contribution in [0.25, 0.3) is 22.1 Å². The molecule has 178 valence electrons. The van der Waals surface area contributed by atoms with Gasteiger partial charge >= 0.3 is 6.16 Å². The van der Waals surface area contributed by atoms with Crippen molar-refractivity contribution in [3.63, 3.8) is 0 Å². The van der Waals surface area contributed by atoms with Crippen LogP contribution < -0.4 is 4.74 Å². The first kappa shape index (κ1) is 26.0. The summed E-state index contributed by atoms with van der Waals surface area (Å²) in [5.74, 6) is 0.195. The van der Waals surface area contributed by atoms with Crippen LogP contribution in [0.3, 0.4) is 0 Å². The number of benzene rings is 2. The van der Waals surface area contributed by atoms with Crippen LogP contribution in [-0.4, -0.2) is 74.1 Å². The Kier molecular flexibility index (Phi) is 10.5. The van der Waals surface area contributed by atoms with E-state index >= 15 is 0 Å². The lowest BCUT2D eigenvalue weighted by Crippen LogP contribution is -2.16. The molecule has 0 amide bonds. The minimum atomic E-state index is -0.891. The molecule has 3 aromatic rings. The summed E-state index contributed by atoms with van der Waals surface area (Å²) in [6.45, 7) is 2.01. The molecule has 1 N–H and O–H groups in total. The van der Waals surface area contributed by atoms with Crippen molar-refractivity contribution >= 4 is 71.7 Å². The third kappa shape index (κ3) is 7.71. The molecule has 0 spiro atoms. The molecular weight excluding hydrogens is 587 g/mol. The molecule has 0 aliphatic rings. The normalized spacial score (nSPS) is 11.3. The highest BCUT2D eigenvalue weighted by Gasteiger charge is 2.18. The van der Waals surface area contributed by atoms with Crippen molar-refractivity contribution in [2.24, 2.45) is 0 Å². The van der Waals surface area contributed by atoms with Crippen LogP contribution >= 0.6 is 43.5 Å². The molecule has 33 heavy (non-hydrogen) atoms. The van der Waals surface area contributed by atoms with Gasteiger partial charge in [0.2, 0.25) is 0 Å². The molecular formula is C21H21Br2ClN2O7. The maximum atomic E-state index is 12.2. The molecule has 0 saturated carbocycles. The molecule has 0 saturated heterocycles.